The molecule has 0 fully saturated rings. The second-order valence-electron chi connectivity index (χ2n) is 6.78. The fraction of sp³-hybridized carbons (Fsp3) is 0.273. The van der Waals surface area contributed by atoms with Gasteiger partial charge in [-0.25, -0.2) is 4.98 Å². The predicted molar refractivity (Wildman–Crippen MR) is 98.3 cm³/mol. The number of hydrogen-bond donors (Lipinski definition) is 0. The zero-order valence-electron chi connectivity index (χ0n) is 14.8. The van der Waals surface area contributed by atoms with Gasteiger partial charge in [0, 0.05) is 5.92 Å². The summed E-state index contributed by atoms with van der Waals surface area (Å²) in [6.07, 6.45) is 4.01. The van der Waals surface area contributed by atoms with Gasteiger partial charge in [-0.2, -0.15) is 0 Å². The first-order valence-corrected chi connectivity index (χ1v) is 8.94. The minimum Gasteiger partial charge on any atom is -0.489 e. The Balaban J connectivity index is 1.43. The quantitative estimate of drug-likeness (QED) is 0.635. The van der Waals surface area contributed by atoms with Crippen molar-refractivity contribution < 1.29 is 13.9 Å². The molecular weight excluding hydrogens is 326 g/mol. The van der Waals surface area contributed by atoms with E-state index in [1.165, 1.54) is 11.1 Å². The minimum atomic E-state index is -0.0587. The molecule has 3 aromatic rings. The van der Waals surface area contributed by atoms with E-state index in [0.717, 1.165) is 30.6 Å². The van der Waals surface area contributed by atoms with Crippen LogP contribution in [0.25, 0.3) is 0 Å². The summed E-state index contributed by atoms with van der Waals surface area (Å²) >= 11 is 0. The van der Waals surface area contributed by atoms with Crippen LogP contribution in [0.2, 0.25) is 0 Å². The highest BCUT2D eigenvalue weighted by atomic mass is 16.5. The number of benzene rings is 2. The van der Waals surface area contributed by atoms with Gasteiger partial charge in [0.25, 0.3) is 5.89 Å². The molecule has 0 saturated heterocycles. The second-order valence-corrected chi connectivity index (χ2v) is 6.78. The van der Waals surface area contributed by atoms with Crippen LogP contribution < -0.4 is 4.74 Å². The van der Waals surface area contributed by atoms with Crippen molar-refractivity contribution in [3.8, 4) is 5.75 Å². The van der Waals surface area contributed by atoms with Gasteiger partial charge in [-0.05, 0) is 55.0 Å². The number of aryl methyl sites for hydroxylation is 2. The normalized spacial score (nSPS) is 16.1. The molecule has 1 aromatic heterocycles. The number of fused-ring (bicyclic) bond motifs is 1. The monoisotopic (exact) mass is 347 g/mol. The lowest BCUT2D eigenvalue weighted by Crippen LogP contribution is -2.23. The van der Waals surface area contributed by atoms with Gasteiger partial charge in [-0.3, -0.25) is 4.79 Å². The number of ether oxygens (including phenoxy) is 1. The molecule has 0 radical (unpaired) electrons. The number of carbonyl (C=O) groups is 1. The van der Waals surface area contributed by atoms with E-state index in [9.17, 15) is 4.79 Å². The summed E-state index contributed by atoms with van der Waals surface area (Å²) in [6, 6.07) is 16.3. The lowest BCUT2D eigenvalue weighted by atomic mass is 9.81. The first-order chi connectivity index (χ1) is 12.7. The molecule has 0 amide bonds. The molecule has 4 rings (SSSR count). The average Bonchev–Trinajstić information content (AvgIpc) is 3.12. The van der Waals surface area contributed by atoms with Crippen molar-refractivity contribution in [3.05, 3.63) is 83.1 Å². The van der Waals surface area contributed by atoms with Crippen LogP contribution in [0, 0.1) is 12.8 Å². The van der Waals surface area contributed by atoms with Crippen LogP contribution in [0.3, 0.4) is 0 Å². The van der Waals surface area contributed by atoms with Crippen molar-refractivity contribution >= 4 is 5.78 Å². The molecule has 0 N–H and O–H groups in total. The van der Waals surface area contributed by atoms with Crippen LogP contribution >= 0.6 is 0 Å². The molecule has 0 saturated carbocycles. The van der Waals surface area contributed by atoms with E-state index in [-0.39, 0.29) is 17.6 Å². The van der Waals surface area contributed by atoms with E-state index < -0.39 is 0 Å². The summed E-state index contributed by atoms with van der Waals surface area (Å²) in [4.78, 5) is 16.6. The maximum atomic E-state index is 12.6. The summed E-state index contributed by atoms with van der Waals surface area (Å²) in [7, 11) is 0. The number of ketones is 1. The van der Waals surface area contributed by atoms with Crippen molar-refractivity contribution in [2.45, 2.75) is 32.8 Å². The fourth-order valence-electron chi connectivity index (χ4n) is 3.43. The Morgan fingerprint density at radius 3 is 2.81 bits per heavy atom. The molecule has 1 aliphatic carbocycles. The van der Waals surface area contributed by atoms with Crippen LogP contribution in [0.15, 0.2) is 59.1 Å². The number of nitrogens with zero attached hydrogens (tertiary/aromatic N) is 1. The standard InChI is InChI=1S/C22H21NO3/c1-15-13-23-22(26-15)21(24)19-8-7-18-12-20(10-9-17(18)11-19)25-14-16-5-3-2-4-6-16/h2-6,9-10,12-13,19H,7-8,11,14H2,1H3. The van der Waals surface area contributed by atoms with Gasteiger partial charge in [0.15, 0.2) is 0 Å². The Morgan fingerprint density at radius 1 is 1.19 bits per heavy atom. The number of hydrogen-bond acceptors (Lipinski definition) is 4. The molecule has 4 heteroatoms. The van der Waals surface area contributed by atoms with Gasteiger partial charge < -0.3 is 9.15 Å². The van der Waals surface area contributed by atoms with Gasteiger partial charge >= 0.3 is 0 Å². The summed E-state index contributed by atoms with van der Waals surface area (Å²) in [5.74, 6) is 1.73. The number of aromatic nitrogens is 1. The molecule has 1 aliphatic rings. The van der Waals surface area contributed by atoms with Crippen molar-refractivity contribution in [2.24, 2.45) is 5.92 Å². The Hall–Kier alpha value is -2.88. The highest BCUT2D eigenvalue weighted by Crippen LogP contribution is 2.30. The first kappa shape index (κ1) is 16.6. The van der Waals surface area contributed by atoms with Crippen LogP contribution in [0.1, 0.15) is 39.6 Å². The van der Waals surface area contributed by atoms with E-state index in [0.29, 0.717) is 12.4 Å². The van der Waals surface area contributed by atoms with Crippen molar-refractivity contribution in [3.63, 3.8) is 0 Å². The Bertz CT molecular complexity index is 914. The van der Waals surface area contributed by atoms with Gasteiger partial charge in [-0.1, -0.05) is 36.4 Å². The predicted octanol–water partition coefficient (Wildman–Crippen LogP) is 4.55. The SMILES string of the molecule is Cc1cnc(C(=O)C2CCc3cc(OCc4ccccc4)ccc3C2)o1. The smallest absolute Gasteiger partial charge is 0.263 e. The summed E-state index contributed by atoms with van der Waals surface area (Å²) < 4.78 is 11.3. The number of carbonyl (C=O) groups excluding carboxylic acids is 1. The van der Waals surface area contributed by atoms with Crippen molar-refractivity contribution in [2.75, 3.05) is 0 Å². The van der Waals surface area contributed by atoms with Crippen molar-refractivity contribution in [1.29, 1.82) is 0 Å². The van der Waals surface area contributed by atoms with Crippen molar-refractivity contribution in [1.82, 2.24) is 4.98 Å². The summed E-state index contributed by atoms with van der Waals surface area (Å²) in [5, 5.41) is 0. The molecule has 1 heterocycles. The van der Waals surface area contributed by atoms with Gasteiger partial charge in [0.05, 0.1) is 6.20 Å². The molecule has 26 heavy (non-hydrogen) atoms. The molecular formula is C22H21NO3. The molecule has 0 bridgehead atoms. The third kappa shape index (κ3) is 3.54. The van der Waals surface area contributed by atoms with E-state index in [2.05, 4.69) is 29.2 Å². The van der Waals surface area contributed by atoms with E-state index in [4.69, 9.17) is 9.15 Å². The Morgan fingerprint density at radius 2 is 2.04 bits per heavy atom. The van der Waals surface area contributed by atoms with Crippen LogP contribution in [-0.4, -0.2) is 10.8 Å². The minimum absolute atomic E-state index is 0.00755. The van der Waals surface area contributed by atoms with E-state index >= 15 is 0 Å². The zero-order valence-corrected chi connectivity index (χ0v) is 14.8. The second kappa shape index (κ2) is 7.16. The topological polar surface area (TPSA) is 52.3 Å². The molecule has 0 spiro atoms. The van der Waals surface area contributed by atoms with E-state index in [1.807, 2.05) is 24.3 Å². The number of oxazole rings is 1. The largest absolute Gasteiger partial charge is 0.489 e. The molecule has 4 nitrogen and oxygen atoms in total. The lowest BCUT2D eigenvalue weighted by Gasteiger charge is -2.23. The Kier molecular flexibility index (Phi) is 4.57. The molecule has 2 aromatic carbocycles. The molecule has 1 unspecified atom stereocenters. The number of rotatable bonds is 5. The number of Topliss-reactive ketones (excluding diaryl/α,β-unsaturated/α-hetero) is 1. The Labute approximate surface area is 152 Å². The fourth-order valence-corrected chi connectivity index (χ4v) is 3.43. The summed E-state index contributed by atoms with van der Waals surface area (Å²) in [5.41, 5.74) is 3.63. The van der Waals surface area contributed by atoms with Gasteiger partial charge in [-0.15, -0.1) is 0 Å². The molecule has 132 valence electrons. The lowest BCUT2D eigenvalue weighted by molar-refractivity contribution is 0.0871. The van der Waals surface area contributed by atoms with E-state index in [1.54, 1.807) is 13.1 Å². The highest BCUT2D eigenvalue weighted by molar-refractivity contribution is 5.94. The third-order valence-corrected chi connectivity index (χ3v) is 4.86. The van der Waals surface area contributed by atoms with Crippen LogP contribution in [0.5, 0.6) is 5.75 Å². The first-order valence-electron chi connectivity index (χ1n) is 8.94. The maximum absolute atomic E-state index is 12.6. The maximum Gasteiger partial charge on any atom is 0.263 e. The van der Waals surface area contributed by atoms with Gasteiger partial charge in [0.1, 0.15) is 18.1 Å². The zero-order chi connectivity index (χ0) is 17.9. The van der Waals surface area contributed by atoms with Crippen LogP contribution in [-0.2, 0) is 19.4 Å². The molecule has 0 aliphatic heterocycles. The third-order valence-electron chi connectivity index (χ3n) is 4.86. The van der Waals surface area contributed by atoms with Gasteiger partial charge in [0.2, 0.25) is 5.78 Å². The highest BCUT2D eigenvalue weighted by Gasteiger charge is 2.28. The average molecular weight is 347 g/mol. The molecule has 1 atom stereocenters. The van der Waals surface area contributed by atoms with Crippen LogP contribution in [0.4, 0.5) is 0 Å². The summed E-state index contributed by atoms with van der Waals surface area (Å²) in [6.45, 7) is 2.36.